The lowest BCUT2D eigenvalue weighted by Gasteiger charge is -2.13. The van der Waals surface area contributed by atoms with E-state index in [-0.39, 0.29) is 12.5 Å². The van der Waals surface area contributed by atoms with Crippen LogP contribution < -0.4 is 9.47 Å². The van der Waals surface area contributed by atoms with E-state index in [1.807, 2.05) is 38.1 Å². The molecule has 0 saturated heterocycles. The molecule has 16 heavy (non-hydrogen) atoms. The van der Waals surface area contributed by atoms with Crippen LogP contribution in [0.15, 0.2) is 24.3 Å². The SMILES string of the molecule is CCOc1ccccc1OCCC(C)CO. The van der Waals surface area contributed by atoms with E-state index in [9.17, 15) is 0 Å². The maximum absolute atomic E-state index is 8.89. The van der Waals surface area contributed by atoms with Crippen LogP contribution in [0.4, 0.5) is 0 Å². The number of rotatable bonds is 7. The Bertz CT molecular complexity index is 299. The standard InChI is InChI=1S/C13H20O3/c1-3-15-12-6-4-5-7-13(12)16-9-8-11(2)10-14/h4-7,11,14H,3,8-10H2,1-2H3. The van der Waals surface area contributed by atoms with E-state index in [0.29, 0.717) is 13.2 Å². The van der Waals surface area contributed by atoms with Gasteiger partial charge >= 0.3 is 0 Å². The Balaban J connectivity index is 2.46. The second kappa shape index (κ2) is 7.12. The predicted molar refractivity (Wildman–Crippen MR) is 64.0 cm³/mol. The van der Waals surface area contributed by atoms with Gasteiger partial charge in [0.05, 0.1) is 13.2 Å². The first-order valence-corrected chi connectivity index (χ1v) is 5.73. The largest absolute Gasteiger partial charge is 0.490 e. The Hall–Kier alpha value is -1.22. The molecular formula is C13H20O3. The topological polar surface area (TPSA) is 38.7 Å². The quantitative estimate of drug-likeness (QED) is 0.773. The third-order valence-electron chi connectivity index (χ3n) is 2.33. The Labute approximate surface area is 97.0 Å². The van der Waals surface area contributed by atoms with Gasteiger partial charge in [-0.1, -0.05) is 19.1 Å². The van der Waals surface area contributed by atoms with Crippen molar-refractivity contribution in [1.29, 1.82) is 0 Å². The normalized spacial score (nSPS) is 12.2. The molecule has 0 radical (unpaired) electrons. The summed E-state index contributed by atoms with van der Waals surface area (Å²) in [4.78, 5) is 0. The third kappa shape index (κ3) is 4.11. The lowest BCUT2D eigenvalue weighted by Crippen LogP contribution is -2.08. The van der Waals surface area contributed by atoms with Crippen LogP contribution in [-0.2, 0) is 0 Å². The smallest absolute Gasteiger partial charge is 0.161 e. The van der Waals surface area contributed by atoms with Gasteiger partial charge in [-0.25, -0.2) is 0 Å². The number of benzene rings is 1. The van der Waals surface area contributed by atoms with Gasteiger partial charge in [-0.3, -0.25) is 0 Å². The summed E-state index contributed by atoms with van der Waals surface area (Å²) in [6.07, 6.45) is 0.844. The maximum atomic E-state index is 8.89. The minimum atomic E-state index is 0.205. The molecule has 1 aromatic carbocycles. The van der Waals surface area contributed by atoms with Crippen molar-refractivity contribution in [2.24, 2.45) is 5.92 Å². The van der Waals surface area contributed by atoms with E-state index < -0.39 is 0 Å². The number of para-hydroxylation sites is 2. The fourth-order valence-electron chi connectivity index (χ4n) is 1.31. The summed E-state index contributed by atoms with van der Waals surface area (Å²) >= 11 is 0. The second-order valence-electron chi connectivity index (χ2n) is 3.80. The molecule has 0 aliphatic rings. The molecule has 1 N–H and O–H groups in total. The number of aliphatic hydroxyl groups excluding tert-OH is 1. The van der Waals surface area contributed by atoms with Crippen molar-refractivity contribution in [3.05, 3.63) is 24.3 Å². The molecule has 1 atom stereocenters. The van der Waals surface area contributed by atoms with E-state index in [2.05, 4.69) is 0 Å². The van der Waals surface area contributed by atoms with Crippen molar-refractivity contribution in [2.45, 2.75) is 20.3 Å². The van der Waals surface area contributed by atoms with Gasteiger partial charge in [0.2, 0.25) is 0 Å². The van der Waals surface area contributed by atoms with Gasteiger partial charge in [0.25, 0.3) is 0 Å². The number of hydrogen-bond donors (Lipinski definition) is 1. The third-order valence-corrected chi connectivity index (χ3v) is 2.33. The summed E-state index contributed by atoms with van der Waals surface area (Å²) in [5.41, 5.74) is 0. The van der Waals surface area contributed by atoms with Crippen LogP contribution in [0.2, 0.25) is 0 Å². The molecule has 0 aliphatic heterocycles. The molecule has 0 spiro atoms. The molecule has 1 rings (SSSR count). The molecule has 0 aromatic heterocycles. The Morgan fingerprint density at radius 2 is 1.81 bits per heavy atom. The first kappa shape index (κ1) is 12.8. The van der Waals surface area contributed by atoms with Gasteiger partial charge in [0.15, 0.2) is 11.5 Å². The van der Waals surface area contributed by atoms with Crippen molar-refractivity contribution in [3.63, 3.8) is 0 Å². The number of hydrogen-bond acceptors (Lipinski definition) is 3. The second-order valence-corrected chi connectivity index (χ2v) is 3.80. The summed E-state index contributed by atoms with van der Waals surface area (Å²) < 4.78 is 11.1. The summed E-state index contributed by atoms with van der Waals surface area (Å²) in [6, 6.07) is 7.64. The molecule has 0 saturated carbocycles. The molecule has 0 bridgehead atoms. The fourth-order valence-corrected chi connectivity index (χ4v) is 1.31. The summed E-state index contributed by atoms with van der Waals surface area (Å²) in [5.74, 6) is 1.83. The van der Waals surface area contributed by atoms with Crippen LogP contribution in [0.5, 0.6) is 11.5 Å². The highest BCUT2D eigenvalue weighted by Gasteiger charge is 2.04. The van der Waals surface area contributed by atoms with Crippen molar-refractivity contribution < 1.29 is 14.6 Å². The molecule has 0 fully saturated rings. The Morgan fingerprint density at radius 1 is 1.19 bits per heavy atom. The number of ether oxygens (including phenoxy) is 2. The molecule has 3 nitrogen and oxygen atoms in total. The predicted octanol–water partition coefficient (Wildman–Crippen LogP) is 2.48. The van der Waals surface area contributed by atoms with Gasteiger partial charge in [-0.15, -0.1) is 0 Å². The van der Waals surface area contributed by atoms with E-state index >= 15 is 0 Å². The zero-order chi connectivity index (χ0) is 11.8. The van der Waals surface area contributed by atoms with Gasteiger partial charge in [0, 0.05) is 6.61 Å². The average molecular weight is 224 g/mol. The van der Waals surface area contributed by atoms with Gasteiger partial charge in [0.1, 0.15) is 0 Å². The molecule has 3 heteroatoms. The number of aliphatic hydroxyl groups is 1. The molecule has 0 aliphatic carbocycles. The minimum Gasteiger partial charge on any atom is -0.490 e. The fraction of sp³-hybridized carbons (Fsp3) is 0.538. The molecule has 90 valence electrons. The zero-order valence-electron chi connectivity index (χ0n) is 9.98. The monoisotopic (exact) mass is 224 g/mol. The molecule has 1 unspecified atom stereocenters. The molecule has 0 amide bonds. The highest BCUT2D eigenvalue weighted by molar-refractivity contribution is 5.39. The van der Waals surface area contributed by atoms with Crippen molar-refractivity contribution in [1.82, 2.24) is 0 Å². The first-order chi connectivity index (χ1) is 7.77. The zero-order valence-corrected chi connectivity index (χ0v) is 9.98. The minimum absolute atomic E-state index is 0.205. The van der Waals surface area contributed by atoms with Crippen molar-refractivity contribution >= 4 is 0 Å². The van der Waals surface area contributed by atoms with Crippen LogP contribution in [0.25, 0.3) is 0 Å². The summed E-state index contributed by atoms with van der Waals surface area (Å²) in [5, 5.41) is 8.89. The molecule has 1 aromatic rings. The highest BCUT2D eigenvalue weighted by Crippen LogP contribution is 2.26. The van der Waals surface area contributed by atoms with Crippen LogP contribution in [0.3, 0.4) is 0 Å². The Morgan fingerprint density at radius 3 is 2.38 bits per heavy atom. The van der Waals surface area contributed by atoms with E-state index in [1.54, 1.807) is 0 Å². The maximum Gasteiger partial charge on any atom is 0.161 e. The van der Waals surface area contributed by atoms with Gasteiger partial charge in [-0.2, -0.15) is 0 Å². The summed E-state index contributed by atoms with van der Waals surface area (Å²) in [6.45, 7) is 5.39. The molecule has 0 heterocycles. The highest BCUT2D eigenvalue weighted by atomic mass is 16.5. The van der Waals surface area contributed by atoms with Crippen LogP contribution >= 0.6 is 0 Å². The molecular weight excluding hydrogens is 204 g/mol. The van der Waals surface area contributed by atoms with Gasteiger partial charge < -0.3 is 14.6 Å². The first-order valence-electron chi connectivity index (χ1n) is 5.73. The average Bonchev–Trinajstić information content (AvgIpc) is 2.31. The summed E-state index contributed by atoms with van der Waals surface area (Å²) in [7, 11) is 0. The van der Waals surface area contributed by atoms with Gasteiger partial charge in [-0.05, 0) is 31.4 Å². The van der Waals surface area contributed by atoms with E-state index in [1.165, 1.54) is 0 Å². The van der Waals surface area contributed by atoms with Crippen LogP contribution in [0, 0.1) is 5.92 Å². The van der Waals surface area contributed by atoms with Crippen LogP contribution in [0.1, 0.15) is 20.3 Å². The lowest BCUT2D eigenvalue weighted by molar-refractivity contribution is 0.198. The van der Waals surface area contributed by atoms with E-state index in [0.717, 1.165) is 17.9 Å². The van der Waals surface area contributed by atoms with E-state index in [4.69, 9.17) is 14.6 Å². The van der Waals surface area contributed by atoms with Crippen molar-refractivity contribution in [3.8, 4) is 11.5 Å². The Kier molecular flexibility index (Phi) is 5.72. The van der Waals surface area contributed by atoms with Crippen LogP contribution in [-0.4, -0.2) is 24.9 Å². The van der Waals surface area contributed by atoms with Crippen molar-refractivity contribution in [2.75, 3.05) is 19.8 Å². The lowest BCUT2D eigenvalue weighted by atomic mass is 10.1.